The number of carbonyl (C=O) groups is 1. The van der Waals surface area contributed by atoms with Gasteiger partial charge in [0.25, 0.3) is 0 Å². The zero-order valence-electron chi connectivity index (χ0n) is 14.1. The molecule has 1 saturated carbocycles. The van der Waals surface area contributed by atoms with E-state index in [1.54, 1.807) is 7.11 Å². The Morgan fingerprint density at radius 3 is 2.83 bits per heavy atom. The normalized spacial score (nSPS) is 14.6. The fourth-order valence-corrected chi connectivity index (χ4v) is 3.00. The smallest absolute Gasteiger partial charge is 0.315 e. The lowest BCUT2D eigenvalue weighted by atomic mass is 10.2. The van der Waals surface area contributed by atoms with Gasteiger partial charge in [0.1, 0.15) is 17.2 Å². The molecule has 2 amide bonds. The fraction of sp³-hybridized carbons (Fsp3) is 0.444. The number of amides is 2. The summed E-state index contributed by atoms with van der Waals surface area (Å²) < 4.78 is 11.1. The number of benzene rings is 1. The molecule has 0 aliphatic heterocycles. The van der Waals surface area contributed by atoms with E-state index in [1.807, 2.05) is 31.2 Å². The zero-order valence-corrected chi connectivity index (χ0v) is 14.1. The number of rotatable bonds is 5. The summed E-state index contributed by atoms with van der Waals surface area (Å²) in [5.74, 6) is 1.90. The van der Waals surface area contributed by atoms with Gasteiger partial charge in [-0.2, -0.15) is 0 Å². The number of hydrogen-bond donors (Lipinski definition) is 2. The molecular weight excluding hydrogens is 306 g/mol. The van der Waals surface area contributed by atoms with Crippen molar-refractivity contribution in [3.05, 3.63) is 35.7 Å². The topological polar surface area (TPSA) is 76.4 Å². The maximum Gasteiger partial charge on any atom is 0.315 e. The van der Waals surface area contributed by atoms with Crippen LogP contribution in [0.1, 0.15) is 37.1 Å². The minimum absolute atomic E-state index is 0.150. The van der Waals surface area contributed by atoms with Gasteiger partial charge in [-0.15, -0.1) is 0 Å². The number of aryl methyl sites for hydroxylation is 1. The van der Waals surface area contributed by atoms with Crippen LogP contribution >= 0.6 is 0 Å². The van der Waals surface area contributed by atoms with E-state index in [2.05, 4.69) is 15.6 Å². The number of urea groups is 1. The lowest BCUT2D eigenvalue weighted by Crippen LogP contribution is -2.40. The lowest BCUT2D eigenvalue weighted by molar-refractivity contribution is 0.236. The first-order valence-electron chi connectivity index (χ1n) is 8.31. The Morgan fingerprint density at radius 1 is 1.33 bits per heavy atom. The van der Waals surface area contributed by atoms with E-state index in [1.165, 1.54) is 12.8 Å². The number of nitrogens with one attached hydrogen (secondary N) is 2. The van der Waals surface area contributed by atoms with Crippen molar-refractivity contribution in [3.8, 4) is 17.2 Å². The molecule has 1 aromatic carbocycles. The summed E-state index contributed by atoms with van der Waals surface area (Å²) in [4.78, 5) is 16.5. The van der Waals surface area contributed by atoms with Crippen LogP contribution in [0, 0.1) is 6.92 Å². The highest BCUT2D eigenvalue weighted by atomic mass is 16.5. The van der Waals surface area contributed by atoms with Gasteiger partial charge in [0.2, 0.25) is 5.89 Å². The molecule has 0 saturated heterocycles. The predicted octanol–water partition coefficient (Wildman–Crippen LogP) is 3.40. The molecule has 2 N–H and O–H groups in total. The third-order valence-corrected chi connectivity index (χ3v) is 4.34. The quantitative estimate of drug-likeness (QED) is 0.881. The molecule has 1 aliphatic carbocycles. The number of ether oxygens (including phenoxy) is 1. The van der Waals surface area contributed by atoms with Gasteiger partial charge < -0.3 is 19.8 Å². The van der Waals surface area contributed by atoms with Crippen LogP contribution < -0.4 is 15.4 Å². The number of nitrogens with zero attached hydrogens (tertiary/aromatic N) is 1. The minimum atomic E-state index is -0.150. The van der Waals surface area contributed by atoms with E-state index in [0.717, 1.165) is 24.1 Å². The summed E-state index contributed by atoms with van der Waals surface area (Å²) in [6.07, 6.45) is 4.51. The third kappa shape index (κ3) is 3.69. The van der Waals surface area contributed by atoms with Gasteiger partial charge in [-0.3, -0.25) is 0 Å². The first-order valence-corrected chi connectivity index (χ1v) is 8.31. The highest BCUT2D eigenvalue weighted by Gasteiger charge is 2.18. The Kier molecular flexibility index (Phi) is 5.03. The summed E-state index contributed by atoms with van der Waals surface area (Å²) in [5.41, 5.74) is 1.52. The lowest BCUT2D eigenvalue weighted by Gasteiger charge is -2.12. The summed E-state index contributed by atoms with van der Waals surface area (Å²) in [7, 11) is 1.62. The maximum absolute atomic E-state index is 12.0. The van der Waals surface area contributed by atoms with Gasteiger partial charge in [-0.25, -0.2) is 9.78 Å². The molecule has 0 radical (unpaired) electrons. The minimum Gasteiger partial charge on any atom is -0.496 e. The molecule has 1 aliphatic rings. The van der Waals surface area contributed by atoms with E-state index in [4.69, 9.17) is 9.15 Å². The number of aromatic nitrogens is 1. The summed E-state index contributed by atoms with van der Waals surface area (Å²) >= 11 is 0. The van der Waals surface area contributed by atoms with Crippen LogP contribution in [0.15, 0.2) is 28.7 Å². The molecular formula is C18H23N3O3. The molecule has 6 heteroatoms. The number of carbonyl (C=O) groups excluding carboxylic acids is 1. The molecule has 2 aromatic rings. The number of oxazole rings is 1. The average Bonchev–Trinajstić information content (AvgIpc) is 3.22. The fourth-order valence-electron chi connectivity index (χ4n) is 3.00. The SMILES string of the molecule is COc1ccccc1-c1nc(CNC(=O)NC2CCCC2)c(C)o1. The largest absolute Gasteiger partial charge is 0.496 e. The van der Waals surface area contributed by atoms with Crippen LogP contribution in [0.25, 0.3) is 11.5 Å². The highest BCUT2D eigenvalue weighted by molar-refractivity contribution is 5.74. The van der Waals surface area contributed by atoms with Gasteiger partial charge in [-0.05, 0) is 31.9 Å². The molecule has 1 aromatic heterocycles. The van der Waals surface area contributed by atoms with Crippen molar-refractivity contribution in [3.63, 3.8) is 0 Å². The van der Waals surface area contributed by atoms with Crippen LogP contribution in [0.3, 0.4) is 0 Å². The van der Waals surface area contributed by atoms with Crippen molar-refractivity contribution in [2.45, 2.75) is 45.2 Å². The van der Waals surface area contributed by atoms with Crippen molar-refractivity contribution in [2.24, 2.45) is 0 Å². The Bertz CT molecular complexity index is 705. The Hall–Kier alpha value is -2.50. The Balaban J connectivity index is 1.64. The maximum atomic E-state index is 12.0. The summed E-state index contributed by atoms with van der Waals surface area (Å²) in [6, 6.07) is 7.71. The molecule has 3 rings (SSSR count). The Morgan fingerprint density at radius 2 is 2.08 bits per heavy atom. The van der Waals surface area contributed by atoms with Crippen molar-refractivity contribution in [1.29, 1.82) is 0 Å². The first-order chi connectivity index (χ1) is 11.7. The predicted molar refractivity (Wildman–Crippen MR) is 90.9 cm³/mol. The summed E-state index contributed by atoms with van der Waals surface area (Å²) in [6.45, 7) is 2.18. The molecule has 0 spiro atoms. The van der Waals surface area contributed by atoms with Crippen molar-refractivity contribution in [2.75, 3.05) is 7.11 Å². The van der Waals surface area contributed by atoms with Crippen molar-refractivity contribution >= 4 is 6.03 Å². The first kappa shape index (κ1) is 16.4. The van der Waals surface area contributed by atoms with Crippen molar-refractivity contribution in [1.82, 2.24) is 15.6 Å². The van der Waals surface area contributed by atoms with Gasteiger partial charge in [-0.1, -0.05) is 25.0 Å². The molecule has 1 fully saturated rings. The highest BCUT2D eigenvalue weighted by Crippen LogP contribution is 2.30. The summed E-state index contributed by atoms with van der Waals surface area (Å²) in [5, 5.41) is 5.85. The standard InChI is InChI=1S/C18H23N3O3/c1-12-15(11-19-18(22)20-13-7-3-4-8-13)21-17(24-12)14-9-5-6-10-16(14)23-2/h5-6,9-10,13H,3-4,7-8,11H2,1-2H3,(H2,19,20,22). The van der Waals surface area contributed by atoms with Gasteiger partial charge in [0, 0.05) is 6.04 Å². The second kappa shape index (κ2) is 7.38. The van der Waals surface area contributed by atoms with Crippen molar-refractivity contribution < 1.29 is 13.9 Å². The molecule has 0 atom stereocenters. The molecule has 0 unspecified atom stereocenters. The van der Waals surface area contributed by atoms with E-state index in [9.17, 15) is 4.79 Å². The van der Waals surface area contributed by atoms with Crippen LogP contribution in [0.5, 0.6) is 5.75 Å². The van der Waals surface area contributed by atoms with E-state index < -0.39 is 0 Å². The average molecular weight is 329 g/mol. The molecule has 24 heavy (non-hydrogen) atoms. The molecule has 128 valence electrons. The number of para-hydroxylation sites is 1. The van der Waals surface area contributed by atoms with E-state index in [-0.39, 0.29) is 6.03 Å². The zero-order chi connectivity index (χ0) is 16.9. The van der Waals surface area contributed by atoms with E-state index >= 15 is 0 Å². The monoisotopic (exact) mass is 329 g/mol. The van der Waals surface area contributed by atoms with Crippen LogP contribution in [0.2, 0.25) is 0 Å². The van der Waals surface area contributed by atoms with E-state index in [0.29, 0.717) is 30.0 Å². The van der Waals surface area contributed by atoms with Crippen LogP contribution in [0.4, 0.5) is 4.79 Å². The van der Waals surface area contributed by atoms with Gasteiger partial charge >= 0.3 is 6.03 Å². The second-order valence-electron chi connectivity index (χ2n) is 6.03. The third-order valence-electron chi connectivity index (χ3n) is 4.34. The number of methoxy groups -OCH3 is 1. The van der Waals surface area contributed by atoms with Gasteiger partial charge in [0.05, 0.1) is 19.2 Å². The molecule has 6 nitrogen and oxygen atoms in total. The van der Waals surface area contributed by atoms with Crippen LogP contribution in [-0.2, 0) is 6.54 Å². The number of hydrogen-bond acceptors (Lipinski definition) is 4. The molecule has 1 heterocycles. The Labute approximate surface area is 141 Å². The molecule has 0 bridgehead atoms. The second-order valence-corrected chi connectivity index (χ2v) is 6.03. The van der Waals surface area contributed by atoms with Gasteiger partial charge in [0.15, 0.2) is 0 Å². The van der Waals surface area contributed by atoms with Crippen LogP contribution in [-0.4, -0.2) is 24.2 Å².